The minimum Gasteiger partial charge on any atom is -0.396 e. The van der Waals surface area contributed by atoms with Crippen molar-refractivity contribution in [3.8, 4) is 0 Å². The first-order valence-corrected chi connectivity index (χ1v) is 6.85. The highest BCUT2D eigenvalue weighted by molar-refractivity contribution is 5.85. The molecular formula is C14H19ClF4N2O. The van der Waals surface area contributed by atoms with E-state index in [0.29, 0.717) is 25.1 Å². The van der Waals surface area contributed by atoms with E-state index in [2.05, 4.69) is 5.32 Å². The van der Waals surface area contributed by atoms with Crippen LogP contribution in [0.1, 0.15) is 23.6 Å². The number of hydrogen-bond donors (Lipinski definition) is 2. The molecule has 0 aliphatic carbocycles. The summed E-state index contributed by atoms with van der Waals surface area (Å²) in [7, 11) is 0. The lowest BCUT2D eigenvalue weighted by molar-refractivity contribution is -0.140. The summed E-state index contributed by atoms with van der Waals surface area (Å²) in [5.41, 5.74) is -0.863. The lowest BCUT2D eigenvalue weighted by Gasteiger charge is -2.35. The number of alkyl halides is 3. The highest BCUT2D eigenvalue weighted by atomic mass is 35.5. The number of aliphatic hydroxyl groups excluding tert-OH is 1. The van der Waals surface area contributed by atoms with E-state index in [0.717, 1.165) is 25.2 Å². The Morgan fingerprint density at radius 3 is 2.41 bits per heavy atom. The minimum absolute atomic E-state index is 0. The monoisotopic (exact) mass is 342 g/mol. The minimum atomic E-state index is -4.71. The van der Waals surface area contributed by atoms with Crippen LogP contribution in [-0.4, -0.2) is 42.8 Å². The third-order valence-corrected chi connectivity index (χ3v) is 3.68. The summed E-state index contributed by atoms with van der Waals surface area (Å²) < 4.78 is 51.8. The van der Waals surface area contributed by atoms with Crippen LogP contribution in [0.3, 0.4) is 0 Å². The quantitative estimate of drug-likeness (QED) is 0.826. The van der Waals surface area contributed by atoms with E-state index < -0.39 is 17.6 Å². The molecule has 2 N–H and O–H groups in total. The summed E-state index contributed by atoms with van der Waals surface area (Å²) in [6.07, 6.45) is -4.39. The average Bonchev–Trinajstić information content (AvgIpc) is 2.45. The fraction of sp³-hybridized carbons (Fsp3) is 0.571. The molecule has 3 nitrogen and oxygen atoms in total. The van der Waals surface area contributed by atoms with Crippen molar-refractivity contribution < 1.29 is 22.7 Å². The van der Waals surface area contributed by atoms with Crippen molar-refractivity contribution in [3.05, 3.63) is 35.1 Å². The normalized spacial score (nSPS) is 17.9. The summed E-state index contributed by atoms with van der Waals surface area (Å²) in [5.74, 6) is -1.27. The third kappa shape index (κ3) is 4.55. The Morgan fingerprint density at radius 2 is 1.86 bits per heavy atom. The van der Waals surface area contributed by atoms with Gasteiger partial charge in [0.15, 0.2) is 0 Å². The molecule has 8 heteroatoms. The predicted octanol–water partition coefficient (Wildman–Crippen LogP) is 2.60. The Morgan fingerprint density at radius 1 is 1.23 bits per heavy atom. The fourth-order valence-corrected chi connectivity index (χ4v) is 2.64. The Bertz CT molecular complexity index is 478. The van der Waals surface area contributed by atoms with Crippen LogP contribution in [0.5, 0.6) is 0 Å². The zero-order chi connectivity index (χ0) is 15.5. The summed E-state index contributed by atoms with van der Waals surface area (Å²) in [6, 6.07) is 2.74. The number of benzene rings is 1. The van der Waals surface area contributed by atoms with Crippen molar-refractivity contribution in [2.45, 2.75) is 18.6 Å². The first-order chi connectivity index (χ1) is 9.93. The predicted molar refractivity (Wildman–Crippen MR) is 77.5 cm³/mol. The molecule has 2 rings (SSSR count). The van der Waals surface area contributed by atoms with E-state index in [1.54, 1.807) is 0 Å². The van der Waals surface area contributed by atoms with Gasteiger partial charge in [0.1, 0.15) is 5.82 Å². The molecule has 1 aromatic rings. The van der Waals surface area contributed by atoms with Crippen molar-refractivity contribution >= 4 is 12.4 Å². The SMILES string of the molecule is Cl.OCC[C@H](c1ccc(F)c(C(F)(F)F)c1)N1CCNCC1. The zero-order valence-electron chi connectivity index (χ0n) is 11.9. The molecule has 0 radical (unpaired) electrons. The molecule has 126 valence electrons. The van der Waals surface area contributed by atoms with Gasteiger partial charge >= 0.3 is 6.18 Å². The fourth-order valence-electron chi connectivity index (χ4n) is 2.64. The largest absolute Gasteiger partial charge is 0.419 e. The summed E-state index contributed by atoms with van der Waals surface area (Å²) in [6.45, 7) is 2.73. The van der Waals surface area contributed by atoms with Gasteiger partial charge in [-0.05, 0) is 24.1 Å². The van der Waals surface area contributed by atoms with E-state index >= 15 is 0 Å². The molecular weight excluding hydrogens is 324 g/mol. The van der Waals surface area contributed by atoms with E-state index in [1.165, 1.54) is 6.07 Å². The summed E-state index contributed by atoms with van der Waals surface area (Å²) in [5, 5.41) is 12.3. The van der Waals surface area contributed by atoms with Gasteiger partial charge in [-0.1, -0.05) is 6.07 Å². The number of nitrogens with zero attached hydrogens (tertiary/aromatic N) is 1. The van der Waals surface area contributed by atoms with Crippen LogP contribution in [0.25, 0.3) is 0 Å². The van der Waals surface area contributed by atoms with Crippen LogP contribution in [0, 0.1) is 5.82 Å². The highest BCUT2D eigenvalue weighted by Crippen LogP contribution is 2.34. The molecule has 1 aliphatic heterocycles. The molecule has 22 heavy (non-hydrogen) atoms. The molecule has 1 saturated heterocycles. The Kier molecular flexibility index (Phi) is 7.05. The van der Waals surface area contributed by atoms with Gasteiger partial charge in [-0.25, -0.2) is 4.39 Å². The molecule has 1 aliphatic rings. The maximum Gasteiger partial charge on any atom is 0.419 e. The van der Waals surface area contributed by atoms with Gasteiger partial charge in [-0.3, -0.25) is 4.90 Å². The van der Waals surface area contributed by atoms with E-state index in [9.17, 15) is 22.7 Å². The molecule has 1 fully saturated rings. The second-order valence-electron chi connectivity index (χ2n) is 5.05. The second kappa shape index (κ2) is 8.10. The van der Waals surface area contributed by atoms with Crippen LogP contribution in [0.15, 0.2) is 18.2 Å². The van der Waals surface area contributed by atoms with Crippen LogP contribution in [0.4, 0.5) is 17.6 Å². The van der Waals surface area contributed by atoms with Crippen molar-refractivity contribution in [2.24, 2.45) is 0 Å². The van der Waals surface area contributed by atoms with Crippen LogP contribution in [-0.2, 0) is 6.18 Å². The Hall–Kier alpha value is -0.890. The van der Waals surface area contributed by atoms with E-state index in [-0.39, 0.29) is 25.1 Å². The van der Waals surface area contributed by atoms with Gasteiger partial charge in [0.05, 0.1) is 5.56 Å². The van der Waals surface area contributed by atoms with Gasteiger partial charge in [-0.2, -0.15) is 13.2 Å². The molecule has 1 atom stereocenters. The smallest absolute Gasteiger partial charge is 0.396 e. The summed E-state index contributed by atoms with van der Waals surface area (Å²) in [4.78, 5) is 2.01. The maximum absolute atomic E-state index is 13.4. The molecule has 0 bridgehead atoms. The lowest BCUT2D eigenvalue weighted by Crippen LogP contribution is -2.45. The molecule has 0 spiro atoms. The van der Waals surface area contributed by atoms with Gasteiger partial charge in [0, 0.05) is 38.8 Å². The van der Waals surface area contributed by atoms with Crippen LogP contribution < -0.4 is 5.32 Å². The molecule has 0 aromatic heterocycles. The Balaban J connectivity index is 0.00000242. The first kappa shape index (κ1) is 19.2. The van der Waals surface area contributed by atoms with Crippen LogP contribution in [0.2, 0.25) is 0 Å². The average molecular weight is 343 g/mol. The van der Waals surface area contributed by atoms with Crippen molar-refractivity contribution in [1.29, 1.82) is 0 Å². The third-order valence-electron chi connectivity index (χ3n) is 3.68. The second-order valence-corrected chi connectivity index (χ2v) is 5.05. The lowest BCUT2D eigenvalue weighted by atomic mass is 9.99. The maximum atomic E-state index is 13.4. The summed E-state index contributed by atoms with van der Waals surface area (Å²) >= 11 is 0. The topological polar surface area (TPSA) is 35.5 Å². The molecule has 1 aromatic carbocycles. The number of nitrogens with one attached hydrogen (secondary N) is 1. The van der Waals surface area contributed by atoms with E-state index in [1.807, 2.05) is 4.90 Å². The van der Waals surface area contributed by atoms with Gasteiger partial charge in [0.25, 0.3) is 0 Å². The number of halogens is 5. The molecule has 0 amide bonds. The number of piperazine rings is 1. The Labute approximate surface area is 132 Å². The van der Waals surface area contributed by atoms with Crippen molar-refractivity contribution in [2.75, 3.05) is 32.8 Å². The molecule has 1 heterocycles. The highest BCUT2D eigenvalue weighted by Gasteiger charge is 2.35. The van der Waals surface area contributed by atoms with Crippen LogP contribution >= 0.6 is 12.4 Å². The van der Waals surface area contributed by atoms with Gasteiger partial charge < -0.3 is 10.4 Å². The number of rotatable bonds is 4. The first-order valence-electron chi connectivity index (χ1n) is 6.85. The van der Waals surface area contributed by atoms with Gasteiger partial charge in [-0.15, -0.1) is 12.4 Å². The van der Waals surface area contributed by atoms with Crippen molar-refractivity contribution in [3.63, 3.8) is 0 Å². The van der Waals surface area contributed by atoms with E-state index in [4.69, 9.17) is 0 Å². The van der Waals surface area contributed by atoms with Gasteiger partial charge in [0.2, 0.25) is 0 Å². The molecule has 0 unspecified atom stereocenters. The zero-order valence-corrected chi connectivity index (χ0v) is 12.7. The number of hydrogen-bond acceptors (Lipinski definition) is 3. The standard InChI is InChI=1S/C14H18F4N2O.ClH/c15-12-2-1-10(9-11(12)14(16,17)18)13(3-8-21)20-6-4-19-5-7-20;/h1-2,9,13,19,21H,3-8H2;1H/t13-;/m1./s1. The van der Waals surface area contributed by atoms with Crippen molar-refractivity contribution in [1.82, 2.24) is 10.2 Å². The number of aliphatic hydroxyl groups is 1. The molecule has 0 saturated carbocycles.